The van der Waals surface area contributed by atoms with Gasteiger partial charge in [0.15, 0.2) is 0 Å². The summed E-state index contributed by atoms with van der Waals surface area (Å²) < 4.78 is 0. The maximum atomic E-state index is 3.49. The van der Waals surface area contributed by atoms with Crippen LogP contribution in [0.4, 0.5) is 0 Å². The van der Waals surface area contributed by atoms with Gasteiger partial charge in [0.2, 0.25) is 0 Å². The van der Waals surface area contributed by atoms with Crippen LogP contribution < -0.4 is 5.32 Å². The van der Waals surface area contributed by atoms with Crippen molar-refractivity contribution in [3.8, 4) is 0 Å². The first-order valence-corrected chi connectivity index (χ1v) is 11.2. The van der Waals surface area contributed by atoms with E-state index in [2.05, 4.69) is 19.2 Å². The van der Waals surface area contributed by atoms with Gasteiger partial charge < -0.3 is 0 Å². The minimum absolute atomic E-state index is 0.616. The van der Waals surface area contributed by atoms with Crippen molar-refractivity contribution in [1.82, 2.24) is 5.32 Å². The van der Waals surface area contributed by atoms with Gasteiger partial charge in [0, 0.05) is 0 Å². The van der Waals surface area contributed by atoms with Crippen molar-refractivity contribution in [2.24, 2.45) is 0 Å². The van der Waals surface area contributed by atoms with E-state index in [1.54, 1.807) is 27.8 Å². The predicted molar refractivity (Wildman–Crippen MR) is 61.8 cm³/mol. The first kappa shape index (κ1) is 11.7. The van der Waals surface area contributed by atoms with Crippen LogP contribution in [0, 0.1) is 0 Å². The monoisotopic (exact) mass is 239 g/mol. The standard InChI is InChI=1S/C7H16N.C4H8.Ga/c1-4-5-6-8-7(2)3;1-3-4-2;/h7-8H,1,4-6H2,2-3H3;1-4H2;. The summed E-state index contributed by atoms with van der Waals surface area (Å²) >= 11 is -0.616. The molecule has 0 amide bonds. The summed E-state index contributed by atoms with van der Waals surface area (Å²) in [5, 5.41) is 3.49. The zero-order chi connectivity index (χ0) is 9.52. The third-order valence-corrected chi connectivity index (χ3v) is 10.8. The average Bonchev–Trinajstić information content (AvgIpc) is 2.55. The molecule has 1 fully saturated rings. The van der Waals surface area contributed by atoms with Gasteiger partial charge in [-0.1, -0.05) is 0 Å². The molecule has 1 aliphatic rings. The molecular weight excluding hydrogens is 216 g/mol. The Morgan fingerprint density at radius 2 is 1.85 bits per heavy atom. The topological polar surface area (TPSA) is 12.0 Å². The molecule has 1 rings (SSSR count). The van der Waals surface area contributed by atoms with Gasteiger partial charge in [-0.05, 0) is 0 Å². The zero-order valence-corrected chi connectivity index (χ0v) is 11.7. The van der Waals surface area contributed by atoms with Crippen molar-refractivity contribution in [1.29, 1.82) is 0 Å². The summed E-state index contributed by atoms with van der Waals surface area (Å²) in [5.41, 5.74) is 0. The molecular formula is C11H24GaN. The Morgan fingerprint density at radius 1 is 1.15 bits per heavy atom. The molecule has 1 saturated heterocycles. The molecule has 76 valence electrons. The van der Waals surface area contributed by atoms with Crippen molar-refractivity contribution in [3.05, 3.63) is 0 Å². The molecule has 1 N–H and O–H groups in total. The Balaban J connectivity index is 1.83. The van der Waals surface area contributed by atoms with Gasteiger partial charge in [0.25, 0.3) is 0 Å². The van der Waals surface area contributed by atoms with Crippen LogP contribution in [0.2, 0.25) is 14.9 Å². The second-order valence-electron chi connectivity index (χ2n) is 4.76. The molecule has 0 spiro atoms. The van der Waals surface area contributed by atoms with Crippen molar-refractivity contribution < 1.29 is 0 Å². The van der Waals surface area contributed by atoms with E-state index < -0.39 is 16.2 Å². The second kappa shape index (κ2) is 6.96. The summed E-state index contributed by atoms with van der Waals surface area (Å²) in [6.07, 6.45) is 6.09. The fourth-order valence-corrected chi connectivity index (χ4v) is 9.52. The number of rotatable bonds is 6. The van der Waals surface area contributed by atoms with Crippen molar-refractivity contribution >= 4 is 16.2 Å². The third-order valence-electron chi connectivity index (χ3n) is 3.07. The molecule has 1 heterocycles. The van der Waals surface area contributed by atoms with Crippen LogP contribution in [0.1, 0.15) is 39.5 Å². The molecule has 0 unspecified atom stereocenters. The van der Waals surface area contributed by atoms with Gasteiger partial charge in [0.05, 0.1) is 0 Å². The zero-order valence-electron chi connectivity index (χ0n) is 9.31. The molecule has 0 aromatic carbocycles. The van der Waals surface area contributed by atoms with Gasteiger partial charge in [-0.25, -0.2) is 0 Å². The van der Waals surface area contributed by atoms with Gasteiger partial charge in [-0.2, -0.15) is 0 Å². The summed E-state index contributed by atoms with van der Waals surface area (Å²) in [5.74, 6) is 0. The molecule has 1 nitrogen and oxygen atoms in total. The first-order chi connectivity index (χ1) is 6.29. The van der Waals surface area contributed by atoms with Gasteiger partial charge in [0.1, 0.15) is 0 Å². The Hall–Kier alpha value is 0.596. The molecule has 0 radical (unpaired) electrons. The number of nitrogens with one attached hydrogen (secondary N) is 1. The molecule has 0 aromatic heterocycles. The predicted octanol–water partition coefficient (Wildman–Crippen LogP) is 3.05. The first-order valence-electron chi connectivity index (χ1n) is 6.02. The fraction of sp³-hybridized carbons (Fsp3) is 1.00. The van der Waals surface area contributed by atoms with Crippen molar-refractivity contribution in [2.45, 2.75) is 60.5 Å². The van der Waals surface area contributed by atoms with Crippen LogP contribution in [-0.2, 0) is 0 Å². The Morgan fingerprint density at radius 3 is 2.46 bits per heavy atom. The van der Waals surface area contributed by atoms with Crippen molar-refractivity contribution in [2.75, 3.05) is 6.54 Å². The van der Waals surface area contributed by atoms with E-state index in [1.165, 1.54) is 19.4 Å². The molecule has 0 aliphatic carbocycles. The van der Waals surface area contributed by atoms with Crippen LogP contribution in [0.3, 0.4) is 0 Å². The molecule has 13 heavy (non-hydrogen) atoms. The Kier molecular flexibility index (Phi) is 6.25. The van der Waals surface area contributed by atoms with Crippen LogP contribution in [0.15, 0.2) is 0 Å². The van der Waals surface area contributed by atoms with E-state index in [9.17, 15) is 0 Å². The Bertz CT molecular complexity index is 119. The summed E-state index contributed by atoms with van der Waals surface area (Å²) in [6, 6.07) is 0.674. The summed E-state index contributed by atoms with van der Waals surface area (Å²) in [4.78, 5) is 5.07. The quantitative estimate of drug-likeness (QED) is 0.555. The molecule has 2 heteroatoms. The van der Waals surface area contributed by atoms with Crippen molar-refractivity contribution in [3.63, 3.8) is 0 Å². The molecule has 1 aliphatic heterocycles. The second-order valence-corrected chi connectivity index (χ2v) is 12.0. The van der Waals surface area contributed by atoms with E-state index >= 15 is 0 Å². The van der Waals surface area contributed by atoms with Crippen LogP contribution in [0.25, 0.3) is 0 Å². The van der Waals surface area contributed by atoms with E-state index in [-0.39, 0.29) is 0 Å². The summed E-state index contributed by atoms with van der Waals surface area (Å²) in [7, 11) is 0. The van der Waals surface area contributed by atoms with E-state index in [0.29, 0.717) is 6.04 Å². The Labute approximate surface area is 88.7 Å². The van der Waals surface area contributed by atoms with E-state index in [1.807, 2.05) is 0 Å². The fourth-order valence-electron chi connectivity index (χ4n) is 2.25. The van der Waals surface area contributed by atoms with Crippen LogP contribution >= 0.6 is 0 Å². The number of unbranched alkanes of at least 4 members (excludes halogenated alkanes) is 1. The average molecular weight is 240 g/mol. The number of hydrogen-bond donors (Lipinski definition) is 1. The normalized spacial score (nSPS) is 17.3. The third kappa shape index (κ3) is 5.81. The molecule has 0 bridgehead atoms. The van der Waals surface area contributed by atoms with E-state index in [0.717, 1.165) is 0 Å². The molecule has 0 aromatic rings. The van der Waals surface area contributed by atoms with Gasteiger partial charge >= 0.3 is 88.6 Å². The van der Waals surface area contributed by atoms with E-state index in [4.69, 9.17) is 0 Å². The SMILES string of the molecule is CC(C)NCCC[CH2][Ga]1[CH2]CC[CH2]1. The van der Waals surface area contributed by atoms with Gasteiger partial charge in [-0.15, -0.1) is 0 Å². The molecule has 0 saturated carbocycles. The molecule has 0 atom stereocenters. The van der Waals surface area contributed by atoms with Gasteiger partial charge in [-0.3, -0.25) is 0 Å². The van der Waals surface area contributed by atoms with Crippen LogP contribution in [0.5, 0.6) is 0 Å². The minimum atomic E-state index is -0.616. The number of hydrogen-bond acceptors (Lipinski definition) is 1. The maximum absolute atomic E-state index is 3.49. The summed E-state index contributed by atoms with van der Waals surface area (Å²) in [6.45, 7) is 5.70. The van der Waals surface area contributed by atoms with Crippen LogP contribution in [-0.4, -0.2) is 28.8 Å².